The second-order valence-electron chi connectivity index (χ2n) is 3.65. The van der Waals surface area contributed by atoms with Crippen molar-refractivity contribution in [3.8, 4) is 11.3 Å². The fourth-order valence-electron chi connectivity index (χ4n) is 1.77. The number of aromatic nitrogens is 1. The van der Waals surface area contributed by atoms with Crippen molar-refractivity contribution in [3.63, 3.8) is 0 Å². The molecule has 5 heteroatoms. The number of thiocarbonyl (C=S) groups is 1. The van der Waals surface area contributed by atoms with Gasteiger partial charge in [0, 0.05) is 34.3 Å². The molecule has 0 saturated carbocycles. The molecule has 1 aromatic heterocycles. The fourth-order valence-corrected chi connectivity index (χ4v) is 2.46. The third-order valence-corrected chi connectivity index (χ3v) is 3.53. The van der Waals surface area contributed by atoms with E-state index in [0.717, 1.165) is 16.7 Å². The van der Waals surface area contributed by atoms with Crippen LogP contribution in [0.15, 0.2) is 30.5 Å². The molecular formula is C13H10Cl2N2S. The quantitative estimate of drug-likeness (QED) is 0.874. The normalized spacial score (nSPS) is 10.4. The molecule has 0 radical (unpaired) electrons. The van der Waals surface area contributed by atoms with Crippen LogP contribution in [0.3, 0.4) is 0 Å². The van der Waals surface area contributed by atoms with Crippen LogP contribution in [0.2, 0.25) is 10.0 Å². The Morgan fingerprint density at radius 2 is 1.94 bits per heavy atom. The van der Waals surface area contributed by atoms with E-state index >= 15 is 0 Å². The first-order valence-electron chi connectivity index (χ1n) is 5.26. The summed E-state index contributed by atoms with van der Waals surface area (Å²) in [7, 11) is 0. The number of rotatable bonds is 3. The molecule has 0 amide bonds. The van der Waals surface area contributed by atoms with Crippen LogP contribution < -0.4 is 5.73 Å². The van der Waals surface area contributed by atoms with Crippen molar-refractivity contribution in [3.05, 3.63) is 51.6 Å². The number of halogens is 2. The van der Waals surface area contributed by atoms with Gasteiger partial charge < -0.3 is 5.73 Å². The summed E-state index contributed by atoms with van der Waals surface area (Å²) < 4.78 is 0. The average molecular weight is 297 g/mol. The molecule has 2 aromatic rings. The Hall–Kier alpha value is -1.00. The van der Waals surface area contributed by atoms with Crippen LogP contribution in [0.5, 0.6) is 0 Å². The Morgan fingerprint density at radius 1 is 1.22 bits per heavy atom. The SMILES string of the molecule is NCc1c(Cl)ccc(Cl)c1-c1ncccc1C=S. The third-order valence-electron chi connectivity index (χ3n) is 2.61. The molecule has 1 heterocycles. The van der Waals surface area contributed by atoms with Crippen molar-refractivity contribution >= 4 is 40.8 Å². The monoisotopic (exact) mass is 296 g/mol. The zero-order chi connectivity index (χ0) is 13.1. The molecule has 1 aromatic carbocycles. The molecule has 0 bridgehead atoms. The molecule has 0 aliphatic rings. The first-order valence-corrected chi connectivity index (χ1v) is 6.49. The van der Waals surface area contributed by atoms with Gasteiger partial charge in [0.15, 0.2) is 0 Å². The highest BCUT2D eigenvalue weighted by Gasteiger charge is 2.15. The molecular weight excluding hydrogens is 287 g/mol. The molecule has 2 rings (SSSR count). The number of hydrogen-bond acceptors (Lipinski definition) is 3. The van der Waals surface area contributed by atoms with Gasteiger partial charge in [-0.2, -0.15) is 0 Å². The summed E-state index contributed by atoms with van der Waals surface area (Å²) >= 11 is 17.4. The molecule has 0 unspecified atom stereocenters. The van der Waals surface area contributed by atoms with E-state index in [1.165, 1.54) is 0 Å². The van der Waals surface area contributed by atoms with Crippen LogP contribution in [-0.2, 0) is 6.54 Å². The lowest BCUT2D eigenvalue weighted by molar-refractivity contribution is 1.07. The molecule has 0 spiro atoms. The van der Waals surface area contributed by atoms with E-state index in [0.29, 0.717) is 22.3 Å². The molecule has 0 fully saturated rings. The maximum atomic E-state index is 6.24. The van der Waals surface area contributed by atoms with Gasteiger partial charge in [-0.05, 0) is 23.8 Å². The van der Waals surface area contributed by atoms with Gasteiger partial charge in [-0.15, -0.1) is 0 Å². The Kier molecular flexibility index (Phi) is 4.30. The van der Waals surface area contributed by atoms with Gasteiger partial charge in [0.2, 0.25) is 0 Å². The Balaban J connectivity index is 2.78. The molecule has 0 aliphatic heterocycles. The highest BCUT2D eigenvalue weighted by atomic mass is 35.5. The maximum absolute atomic E-state index is 6.24. The van der Waals surface area contributed by atoms with E-state index in [1.807, 2.05) is 12.1 Å². The summed E-state index contributed by atoms with van der Waals surface area (Å²) in [6, 6.07) is 7.17. The van der Waals surface area contributed by atoms with E-state index in [4.69, 9.17) is 41.2 Å². The van der Waals surface area contributed by atoms with Crippen LogP contribution >= 0.6 is 35.4 Å². The number of nitrogens with zero attached hydrogens (tertiary/aromatic N) is 1. The van der Waals surface area contributed by atoms with Crippen molar-refractivity contribution in [1.82, 2.24) is 4.98 Å². The average Bonchev–Trinajstić information content (AvgIpc) is 2.41. The topological polar surface area (TPSA) is 38.9 Å². The lowest BCUT2D eigenvalue weighted by Gasteiger charge is -2.13. The summed E-state index contributed by atoms with van der Waals surface area (Å²) in [5, 5.41) is 2.72. The predicted molar refractivity (Wildman–Crippen MR) is 80.3 cm³/mol. The van der Waals surface area contributed by atoms with Crippen LogP contribution in [0.4, 0.5) is 0 Å². The zero-order valence-corrected chi connectivity index (χ0v) is 11.7. The number of pyridine rings is 1. The summed E-state index contributed by atoms with van der Waals surface area (Å²) in [5.41, 5.74) is 8.81. The van der Waals surface area contributed by atoms with Gasteiger partial charge >= 0.3 is 0 Å². The van der Waals surface area contributed by atoms with Gasteiger partial charge in [0.1, 0.15) is 0 Å². The van der Waals surface area contributed by atoms with Gasteiger partial charge in [-0.25, -0.2) is 0 Å². The van der Waals surface area contributed by atoms with E-state index in [1.54, 1.807) is 23.7 Å². The highest BCUT2D eigenvalue weighted by molar-refractivity contribution is 7.79. The molecule has 0 saturated heterocycles. The highest BCUT2D eigenvalue weighted by Crippen LogP contribution is 2.35. The van der Waals surface area contributed by atoms with Crippen LogP contribution in [0.1, 0.15) is 11.1 Å². The number of nitrogens with two attached hydrogens (primary N) is 1. The first kappa shape index (κ1) is 13.4. The number of benzene rings is 1. The van der Waals surface area contributed by atoms with Gasteiger partial charge in [0.25, 0.3) is 0 Å². The van der Waals surface area contributed by atoms with E-state index in [9.17, 15) is 0 Å². The van der Waals surface area contributed by atoms with Gasteiger partial charge in [-0.3, -0.25) is 4.98 Å². The standard InChI is InChI=1S/C13H10Cl2N2S/c14-10-3-4-11(15)12(9(10)6-16)13-8(7-18)2-1-5-17-13/h1-5,7H,6,16H2. The Bertz CT molecular complexity index is 600. The van der Waals surface area contributed by atoms with E-state index in [-0.39, 0.29) is 0 Å². The molecule has 0 aliphatic carbocycles. The fraction of sp³-hybridized carbons (Fsp3) is 0.0769. The second-order valence-corrected chi connectivity index (χ2v) is 4.70. The predicted octanol–water partition coefficient (Wildman–Crippen LogP) is 3.86. The van der Waals surface area contributed by atoms with Crippen molar-refractivity contribution in [2.24, 2.45) is 5.73 Å². The van der Waals surface area contributed by atoms with E-state index in [2.05, 4.69) is 4.98 Å². The van der Waals surface area contributed by atoms with Crippen LogP contribution in [-0.4, -0.2) is 10.4 Å². The molecule has 2 nitrogen and oxygen atoms in total. The minimum absolute atomic E-state index is 0.294. The van der Waals surface area contributed by atoms with Gasteiger partial charge in [0.05, 0.1) is 10.7 Å². The van der Waals surface area contributed by atoms with Crippen molar-refractivity contribution < 1.29 is 0 Å². The first-order chi connectivity index (χ1) is 8.69. The lowest BCUT2D eigenvalue weighted by atomic mass is 10.0. The summed E-state index contributed by atoms with van der Waals surface area (Å²) in [5.74, 6) is 0. The minimum Gasteiger partial charge on any atom is -0.326 e. The Morgan fingerprint density at radius 3 is 2.61 bits per heavy atom. The van der Waals surface area contributed by atoms with E-state index < -0.39 is 0 Å². The summed E-state index contributed by atoms with van der Waals surface area (Å²) in [6.07, 6.45) is 1.69. The largest absolute Gasteiger partial charge is 0.326 e. The maximum Gasteiger partial charge on any atom is 0.0801 e. The molecule has 2 N–H and O–H groups in total. The molecule has 0 atom stereocenters. The van der Waals surface area contributed by atoms with Crippen molar-refractivity contribution in [1.29, 1.82) is 0 Å². The minimum atomic E-state index is 0.294. The summed E-state index contributed by atoms with van der Waals surface area (Å²) in [4.78, 5) is 4.33. The van der Waals surface area contributed by atoms with Crippen LogP contribution in [0.25, 0.3) is 11.3 Å². The van der Waals surface area contributed by atoms with Crippen LogP contribution in [0, 0.1) is 0 Å². The zero-order valence-electron chi connectivity index (χ0n) is 9.36. The second kappa shape index (κ2) is 5.76. The molecule has 18 heavy (non-hydrogen) atoms. The number of hydrogen-bond donors (Lipinski definition) is 1. The summed E-state index contributed by atoms with van der Waals surface area (Å²) in [6.45, 7) is 0.294. The smallest absolute Gasteiger partial charge is 0.0801 e. The third kappa shape index (κ3) is 2.40. The van der Waals surface area contributed by atoms with Crippen molar-refractivity contribution in [2.75, 3.05) is 0 Å². The Labute approximate surface area is 121 Å². The molecule has 92 valence electrons. The van der Waals surface area contributed by atoms with Gasteiger partial charge in [-0.1, -0.05) is 41.5 Å². The lowest BCUT2D eigenvalue weighted by Crippen LogP contribution is -2.03. The van der Waals surface area contributed by atoms with Crippen molar-refractivity contribution in [2.45, 2.75) is 6.54 Å².